The van der Waals surface area contributed by atoms with Crippen molar-refractivity contribution >= 4 is 21.6 Å². The fourth-order valence-electron chi connectivity index (χ4n) is 2.91. The van der Waals surface area contributed by atoms with Crippen LogP contribution in [-0.4, -0.2) is 31.7 Å². The Bertz CT molecular complexity index is 943. The second-order valence-corrected chi connectivity index (χ2v) is 8.40. The van der Waals surface area contributed by atoms with Crippen LogP contribution in [0.15, 0.2) is 52.3 Å². The summed E-state index contributed by atoms with van der Waals surface area (Å²) in [5.41, 5.74) is 5.83. The number of carbonyl (C=O) groups excluding carboxylic acids is 1. The number of aryl methyl sites for hydroxylation is 1. The highest BCUT2D eigenvalue weighted by Crippen LogP contribution is 2.21. The lowest BCUT2D eigenvalue weighted by Gasteiger charge is -2.26. The molecule has 1 aromatic carbocycles. The van der Waals surface area contributed by atoms with Gasteiger partial charge in [-0.2, -0.15) is 4.31 Å². The van der Waals surface area contributed by atoms with Crippen LogP contribution in [0.4, 0.5) is 0 Å². The van der Waals surface area contributed by atoms with E-state index < -0.39 is 15.9 Å². The summed E-state index contributed by atoms with van der Waals surface area (Å²) in [6, 6.07) is 9.56. The normalized spacial score (nSPS) is 15.3. The molecule has 0 bridgehead atoms. The number of carbonyl (C=O) groups is 1. The van der Waals surface area contributed by atoms with Gasteiger partial charge in [0.05, 0.1) is 10.6 Å². The first kappa shape index (κ1) is 19.2. The van der Waals surface area contributed by atoms with Gasteiger partial charge in [-0.3, -0.25) is 15.6 Å². The minimum absolute atomic E-state index is 0.123. The predicted octanol–water partition coefficient (Wildman–Crippen LogP) is 2.67. The van der Waals surface area contributed by atoms with E-state index in [1.165, 1.54) is 16.4 Å². The number of rotatable bonds is 6. The van der Waals surface area contributed by atoms with Crippen LogP contribution < -0.4 is 10.9 Å². The molecule has 7 nitrogen and oxygen atoms in total. The van der Waals surface area contributed by atoms with Gasteiger partial charge in [-0.1, -0.05) is 19.1 Å². The first-order valence-electron chi connectivity index (χ1n) is 8.80. The minimum atomic E-state index is -3.59. The van der Waals surface area contributed by atoms with Crippen LogP contribution in [-0.2, 0) is 10.0 Å². The third kappa shape index (κ3) is 4.40. The van der Waals surface area contributed by atoms with E-state index in [9.17, 15) is 13.2 Å². The number of amides is 1. The Morgan fingerprint density at radius 3 is 2.52 bits per heavy atom. The molecule has 0 aliphatic carbocycles. The van der Waals surface area contributed by atoms with Crippen molar-refractivity contribution < 1.29 is 17.6 Å². The predicted molar refractivity (Wildman–Crippen MR) is 102 cm³/mol. The Morgan fingerprint density at radius 1 is 1.11 bits per heavy atom. The molecule has 8 heteroatoms. The standard InChI is InChI=1S/C19H23N3O4S/c1-14-9-10-18(26-14)15(2)20-21-19(23)16-7-6-8-17(13-16)27(24,25)22-11-4-3-5-12-22/h6-10,13,20H,2-5,11-12H2,1H3,(H,21,23). The van der Waals surface area contributed by atoms with Crippen molar-refractivity contribution in [1.82, 2.24) is 15.2 Å². The van der Waals surface area contributed by atoms with Crippen LogP contribution in [0.25, 0.3) is 5.70 Å². The maximum atomic E-state index is 12.8. The molecule has 3 rings (SSSR count). The first-order chi connectivity index (χ1) is 12.9. The zero-order valence-electron chi connectivity index (χ0n) is 15.2. The van der Waals surface area contributed by atoms with Crippen molar-refractivity contribution in [2.24, 2.45) is 0 Å². The molecule has 0 radical (unpaired) electrons. The smallest absolute Gasteiger partial charge is 0.269 e. The lowest BCUT2D eigenvalue weighted by molar-refractivity contribution is 0.0942. The van der Waals surface area contributed by atoms with Crippen LogP contribution in [0.2, 0.25) is 0 Å². The van der Waals surface area contributed by atoms with E-state index in [2.05, 4.69) is 17.4 Å². The molecule has 1 aliphatic heterocycles. The highest BCUT2D eigenvalue weighted by Gasteiger charge is 2.26. The van der Waals surface area contributed by atoms with Crippen molar-refractivity contribution in [2.45, 2.75) is 31.1 Å². The molecule has 0 atom stereocenters. The van der Waals surface area contributed by atoms with E-state index in [0.29, 0.717) is 24.5 Å². The van der Waals surface area contributed by atoms with Crippen LogP contribution in [0, 0.1) is 6.92 Å². The summed E-state index contributed by atoms with van der Waals surface area (Å²) in [5.74, 6) is 0.777. The van der Waals surface area contributed by atoms with E-state index in [0.717, 1.165) is 25.0 Å². The van der Waals surface area contributed by atoms with Gasteiger partial charge in [0.1, 0.15) is 5.76 Å². The van der Waals surface area contributed by atoms with Gasteiger partial charge in [0.15, 0.2) is 5.76 Å². The van der Waals surface area contributed by atoms with Crippen LogP contribution in [0.3, 0.4) is 0 Å². The summed E-state index contributed by atoms with van der Waals surface area (Å²) in [4.78, 5) is 12.5. The molecule has 1 amide bonds. The number of nitrogens with zero attached hydrogens (tertiary/aromatic N) is 1. The molecule has 0 unspecified atom stereocenters. The second-order valence-electron chi connectivity index (χ2n) is 6.46. The second kappa shape index (κ2) is 7.98. The first-order valence-corrected chi connectivity index (χ1v) is 10.2. The number of benzene rings is 1. The molecule has 1 aromatic heterocycles. The zero-order valence-corrected chi connectivity index (χ0v) is 16.0. The van der Waals surface area contributed by atoms with E-state index in [4.69, 9.17) is 4.42 Å². The Balaban J connectivity index is 1.69. The maximum absolute atomic E-state index is 12.8. The summed E-state index contributed by atoms with van der Waals surface area (Å²) in [7, 11) is -3.59. The molecule has 1 saturated heterocycles. The fraction of sp³-hybridized carbons (Fsp3) is 0.316. The minimum Gasteiger partial charge on any atom is -0.460 e. The maximum Gasteiger partial charge on any atom is 0.269 e. The van der Waals surface area contributed by atoms with E-state index in [1.807, 2.05) is 6.92 Å². The van der Waals surface area contributed by atoms with Crippen LogP contribution in [0.5, 0.6) is 0 Å². The van der Waals surface area contributed by atoms with Crippen LogP contribution in [0.1, 0.15) is 41.1 Å². The summed E-state index contributed by atoms with van der Waals surface area (Å²) >= 11 is 0. The Morgan fingerprint density at radius 2 is 1.85 bits per heavy atom. The largest absolute Gasteiger partial charge is 0.460 e. The van der Waals surface area contributed by atoms with E-state index >= 15 is 0 Å². The van der Waals surface area contributed by atoms with Gasteiger partial charge < -0.3 is 4.42 Å². The van der Waals surface area contributed by atoms with Gasteiger partial charge in [-0.15, -0.1) is 0 Å². The number of nitrogens with one attached hydrogen (secondary N) is 2. The van der Waals surface area contributed by atoms with Gasteiger partial charge in [-0.25, -0.2) is 8.42 Å². The molecule has 0 spiro atoms. The Labute approximate surface area is 159 Å². The third-order valence-corrected chi connectivity index (χ3v) is 6.31. The molecular weight excluding hydrogens is 366 g/mol. The molecule has 2 heterocycles. The van der Waals surface area contributed by atoms with Gasteiger partial charge in [-0.05, 0) is 50.1 Å². The van der Waals surface area contributed by atoms with Crippen molar-refractivity contribution in [3.8, 4) is 0 Å². The molecule has 2 aromatic rings. The number of hydrazine groups is 1. The molecule has 27 heavy (non-hydrogen) atoms. The number of hydrogen-bond acceptors (Lipinski definition) is 5. The third-order valence-electron chi connectivity index (χ3n) is 4.41. The highest BCUT2D eigenvalue weighted by atomic mass is 32.2. The fourth-order valence-corrected chi connectivity index (χ4v) is 4.48. The Hall–Kier alpha value is -2.58. The summed E-state index contributed by atoms with van der Waals surface area (Å²) in [5, 5.41) is 0. The number of piperidine rings is 1. The van der Waals surface area contributed by atoms with Crippen molar-refractivity contribution in [3.63, 3.8) is 0 Å². The summed E-state index contributed by atoms with van der Waals surface area (Å²) in [6.07, 6.45) is 2.76. The van der Waals surface area contributed by atoms with Crippen molar-refractivity contribution in [3.05, 3.63) is 60.1 Å². The quantitative estimate of drug-likeness (QED) is 0.741. The summed E-state index contributed by atoms with van der Waals surface area (Å²) < 4.78 is 32.4. The zero-order chi connectivity index (χ0) is 19.4. The number of sulfonamides is 1. The molecule has 2 N–H and O–H groups in total. The Kier molecular flexibility index (Phi) is 5.67. The molecular formula is C19H23N3O4S. The van der Waals surface area contributed by atoms with Crippen molar-refractivity contribution in [2.75, 3.05) is 13.1 Å². The van der Waals surface area contributed by atoms with Crippen LogP contribution >= 0.6 is 0 Å². The van der Waals surface area contributed by atoms with E-state index in [-0.39, 0.29) is 10.5 Å². The van der Waals surface area contributed by atoms with Gasteiger partial charge >= 0.3 is 0 Å². The molecule has 144 valence electrons. The van der Waals surface area contributed by atoms with E-state index in [1.54, 1.807) is 24.3 Å². The number of furan rings is 1. The van der Waals surface area contributed by atoms with Gasteiger partial charge in [0.25, 0.3) is 5.91 Å². The number of hydrogen-bond donors (Lipinski definition) is 2. The van der Waals surface area contributed by atoms with Gasteiger partial charge in [0.2, 0.25) is 10.0 Å². The molecule has 0 saturated carbocycles. The topological polar surface area (TPSA) is 91.6 Å². The SMILES string of the molecule is C=C(NNC(=O)c1cccc(S(=O)(=O)N2CCCCC2)c1)c1ccc(C)o1. The van der Waals surface area contributed by atoms with Crippen molar-refractivity contribution in [1.29, 1.82) is 0 Å². The average molecular weight is 389 g/mol. The van der Waals surface area contributed by atoms with Gasteiger partial charge in [0, 0.05) is 18.7 Å². The summed E-state index contributed by atoms with van der Waals surface area (Å²) in [6.45, 7) is 6.64. The molecule has 1 aliphatic rings. The lowest BCUT2D eigenvalue weighted by atomic mass is 10.2. The monoisotopic (exact) mass is 389 g/mol. The average Bonchev–Trinajstić information content (AvgIpc) is 3.13. The highest BCUT2D eigenvalue weighted by molar-refractivity contribution is 7.89. The lowest BCUT2D eigenvalue weighted by Crippen LogP contribution is -2.37. The molecule has 1 fully saturated rings.